The number of nitrogen functional groups attached to an aromatic ring is 1. The van der Waals surface area contributed by atoms with Gasteiger partial charge in [-0.25, -0.2) is 4.39 Å². The fraction of sp³-hybridized carbons (Fsp3) is 0.333. The van der Waals surface area contributed by atoms with Crippen LogP contribution in [-0.4, -0.2) is 37.4 Å². The molecular weight excluding hydrogens is 237 g/mol. The summed E-state index contributed by atoms with van der Waals surface area (Å²) in [5.41, 5.74) is 5.62. The molecule has 98 valence electrons. The number of nitrogens with one attached hydrogen (secondary N) is 1. The minimum absolute atomic E-state index is 0.0689. The number of benzene rings is 1. The molecule has 3 N–H and O–H groups in total. The maximum atomic E-state index is 13.0. The van der Waals surface area contributed by atoms with Crippen LogP contribution in [0.1, 0.15) is 16.8 Å². The SMILES string of the molecule is CNC(=O)CCN(C)C(=O)c1ccc(F)c(N)c1. The standard InChI is InChI=1S/C12H16FN3O2/c1-15-11(17)5-6-16(2)12(18)8-3-4-9(13)10(14)7-8/h3-4,7H,5-6,14H2,1-2H3,(H,15,17). The summed E-state index contributed by atoms with van der Waals surface area (Å²) in [6.07, 6.45) is 0.218. The highest BCUT2D eigenvalue weighted by atomic mass is 19.1. The largest absolute Gasteiger partial charge is 0.396 e. The van der Waals surface area contributed by atoms with Gasteiger partial charge in [0.05, 0.1) is 5.69 Å². The number of nitrogens with zero attached hydrogens (tertiary/aromatic N) is 1. The van der Waals surface area contributed by atoms with Crippen molar-refractivity contribution in [1.82, 2.24) is 10.2 Å². The summed E-state index contributed by atoms with van der Waals surface area (Å²) in [7, 11) is 3.11. The molecule has 0 saturated heterocycles. The van der Waals surface area contributed by atoms with E-state index in [-0.39, 0.29) is 30.5 Å². The first-order valence-electron chi connectivity index (χ1n) is 5.46. The number of amides is 2. The number of nitrogens with two attached hydrogens (primary N) is 1. The van der Waals surface area contributed by atoms with Crippen LogP contribution < -0.4 is 11.1 Å². The van der Waals surface area contributed by atoms with Gasteiger partial charge in [0, 0.05) is 32.6 Å². The van der Waals surface area contributed by atoms with E-state index in [1.54, 1.807) is 7.05 Å². The molecule has 6 heteroatoms. The van der Waals surface area contributed by atoms with Crippen molar-refractivity contribution in [1.29, 1.82) is 0 Å². The van der Waals surface area contributed by atoms with E-state index in [2.05, 4.69) is 5.32 Å². The Morgan fingerprint density at radius 2 is 2.11 bits per heavy atom. The molecule has 1 aromatic rings. The minimum Gasteiger partial charge on any atom is -0.396 e. The molecule has 0 aliphatic carbocycles. The Kier molecular flexibility index (Phi) is 4.65. The monoisotopic (exact) mass is 253 g/mol. The van der Waals surface area contributed by atoms with Gasteiger partial charge in [-0.15, -0.1) is 0 Å². The fourth-order valence-electron chi connectivity index (χ4n) is 1.39. The lowest BCUT2D eigenvalue weighted by Gasteiger charge is -2.16. The highest BCUT2D eigenvalue weighted by Gasteiger charge is 2.13. The normalized spacial score (nSPS) is 9.94. The average Bonchev–Trinajstić information content (AvgIpc) is 2.37. The van der Waals surface area contributed by atoms with Crippen LogP contribution in [0.25, 0.3) is 0 Å². The molecule has 0 bridgehead atoms. The van der Waals surface area contributed by atoms with E-state index in [1.807, 2.05) is 0 Å². The van der Waals surface area contributed by atoms with Crippen LogP contribution in [0.5, 0.6) is 0 Å². The van der Waals surface area contributed by atoms with Crippen LogP contribution >= 0.6 is 0 Å². The van der Waals surface area contributed by atoms with Crippen molar-refractivity contribution in [3.8, 4) is 0 Å². The summed E-state index contributed by atoms with van der Waals surface area (Å²) in [5.74, 6) is -1.00. The molecule has 1 aromatic carbocycles. The molecule has 18 heavy (non-hydrogen) atoms. The molecule has 0 radical (unpaired) electrons. The molecule has 0 atom stereocenters. The Hall–Kier alpha value is -2.11. The zero-order valence-electron chi connectivity index (χ0n) is 10.4. The molecule has 0 aliphatic rings. The molecule has 0 saturated carbocycles. The molecule has 0 heterocycles. The second-order valence-electron chi connectivity index (χ2n) is 3.89. The van der Waals surface area contributed by atoms with Crippen molar-refractivity contribution in [2.45, 2.75) is 6.42 Å². The van der Waals surface area contributed by atoms with Crippen LogP contribution in [0.4, 0.5) is 10.1 Å². The molecule has 2 amide bonds. The Morgan fingerprint density at radius 3 is 2.67 bits per heavy atom. The summed E-state index contributed by atoms with van der Waals surface area (Å²) in [4.78, 5) is 24.4. The van der Waals surface area contributed by atoms with Crippen molar-refractivity contribution in [2.75, 3.05) is 26.4 Å². The molecule has 0 aliphatic heterocycles. The number of carbonyl (C=O) groups excluding carboxylic acids is 2. The van der Waals surface area contributed by atoms with E-state index < -0.39 is 5.82 Å². The number of anilines is 1. The van der Waals surface area contributed by atoms with E-state index in [9.17, 15) is 14.0 Å². The van der Waals surface area contributed by atoms with Gasteiger partial charge >= 0.3 is 0 Å². The second kappa shape index (κ2) is 6.00. The first kappa shape index (κ1) is 14.0. The van der Waals surface area contributed by atoms with Gasteiger partial charge in [-0.3, -0.25) is 9.59 Å². The fourth-order valence-corrected chi connectivity index (χ4v) is 1.39. The molecule has 0 unspecified atom stereocenters. The third kappa shape index (κ3) is 3.44. The lowest BCUT2D eigenvalue weighted by Crippen LogP contribution is -2.31. The Morgan fingerprint density at radius 1 is 1.44 bits per heavy atom. The Bertz CT molecular complexity index is 463. The zero-order valence-corrected chi connectivity index (χ0v) is 10.4. The van der Waals surface area contributed by atoms with Gasteiger partial charge in [0.25, 0.3) is 5.91 Å². The summed E-state index contributed by atoms with van der Waals surface area (Å²) >= 11 is 0. The van der Waals surface area contributed by atoms with Crippen LogP contribution in [-0.2, 0) is 4.79 Å². The van der Waals surface area contributed by atoms with Gasteiger partial charge in [-0.2, -0.15) is 0 Å². The topological polar surface area (TPSA) is 75.4 Å². The number of carbonyl (C=O) groups is 2. The molecule has 5 nitrogen and oxygen atoms in total. The molecule has 1 rings (SSSR count). The van der Waals surface area contributed by atoms with Gasteiger partial charge < -0.3 is 16.0 Å². The van der Waals surface area contributed by atoms with Crippen molar-refractivity contribution < 1.29 is 14.0 Å². The number of rotatable bonds is 4. The molecular formula is C12H16FN3O2. The first-order chi connectivity index (χ1) is 8.45. The Balaban J connectivity index is 2.68. The third-order valence-electron chi connectivity index (χ3n) is 2.54. The van der Waals surface area contributed by atoms with E-state index in [0.717, 1.165) is 6.07 Å². The van der Waals surface area contributed by atoms with Crippen LogP contribution in [0.3, 0.4) is 0 Å². The van der Waals surface area contributed by atoms with Crippen LogP contribution in [0.2, 0.25) is 0 Å². The molecule has 0 spiro atoms. The maximum Gasteiger partial charge on any atom is 0.253 e. The number of hydrogen-bond donors (Lipinski definition) is 2. The average molecular weight is 253 g/mol. The van der Waals surface area contributed by atoms with Gasteiger partial charge in [-0.1, -0.05) is 0 Å². The van der Waals surface area contributed by atoms with E-state index in [1.165, 1.54) is 24.1 Å². The van der Waals surface area contributed by atoms with Gasteiger partial charge in [-0.05, 0) is 18.2 Å². The van der Waals surface area contributed by atoms with E-state index in [0.29, 0.717) is 5.56 Å². The molecule has 0 fully saturated rings. The highest BCUT2D eigenvalue weighted by molar-refractivity contribution is 5.95. The third-order valence-corrected chi connectivity index (χ3v) is 2.54. The van der Waals surface area contributed by atoms with Crippen LogP contribution in [0.15, 0.2) is 18.2 Å². The minimum atomic E-state index is -0.556. The first-order valence-corrected chi connectivity index (χ1v) is 5.46. The van der Waals surface area contributed by atoms with Gasteiger partial charge in [0.2, 0.25) is 5.91 Å². The van der Waals surface area contributed by atoms with Gasteiger partial charge in [0.1, 0.15) is 5.82 Å². The van der Waals surface area contributed by atoms with Crippen molar-refractivity contribution >= 4 is 17.5 Å². The van der Waals surface area contributed by atoms with E-state index in [4.69, 9.17) is 5.73 Å². The summed E-state index contributed by atoms with van der Waals surface area (Å²) in [6, 6.07) is 3.80. The van der Waals surface area contributed by atoms with Gasteiger partial charge in [0.15, 0.2) is 0 Å². The lowest BCUT2D eigenvalue weighted by atomic mass is 10.1. The highest BCUT2D eigenvalue weighted by Crippen LogP contribution is 2.13. The number of hydrogen-bond acceptors (Lipinski definition) is 3. The maximum absolute atomic E-state index is 13.0. The van der Waals surface area contributed by atoms with Crippen LogP contribution in [0, 0.1) is 5.82 Å². The van der Waals surface area contributed by atoms with E-state index >= 15 is 0 Å². The molecule has 0 aromatic heterocycles. The zero-order chi connectivity index (χ0) is 13.7. The summed E-state index contributed by atoms with van der Waals surface area (Å²) in [6.45, 7) is 0.287. The quantitative estimate of drug-likeness (QED) is 0.772. The predicted octanol–water partition coefficient (Wildman–Crippen LogP) is 0.616. The lowest BCUT2D eigenvalue weighted by molar-refractivity contribution is -0.120. The Labute approximate surface area is 105 Å². The summed E-state index contributed by atoms with van der Waals surface area (Å²) in [5, 5.41) is 2.47. The van der Waals surface area contributed by atoms with Crippen molar-refractivity contribution in [3.05, 3.63) is 29.6 Å². The predicted molar refractivity (Wildman–Crippen MR) is 66.5 cm³/mol. The smallest absolute Gasteiger partial charge is 0.253 e. The summed E-state index contributed by atoms with van der Waals surface area (Å²) < 4.78 is 13.0. The van der Waals surface area contributed by atoms with Crippen molar-refractivity contribution in [2.24, 2.45) is 0 Å². The number of halogens is 1. The second-order valence-corrected chi connectivity index (χ2v) is 3.89. The van der Waals surface area contributed by atoms with Crippen molar-refractivity contribution in [3.63, 3.8) is 0 Å².